The first-order chi connectivity index (χ1) is 6.57. The second-order valence-corrected chi connectivity index (χ2v) is 3.90. The van der Waals surface area contributed by atoms with E-state index in [1.54, 1.807) is 0 Å². The van der Waals surface area contributed by atoms with Gasteiger partial charge < -0.3 is 9.84 Å². The van der Waals surface area contributed by atoms with Crippen LogP contribution in [0.1, 0.15) is 26.2 Å². The second kappa shape index (κ2) is 4.44. The van der Waals surface area contributed by atoms with Crippen LogP contribution in [0, 0.1) is 17.8 Å². The summed E-state index contributed by atoms with van der Waals surface area (Å²) in [5.74, 6) is -2.24. The summed E-state index contributed by atoms with van der Waals surface area (Å²) in [6.45, 7) is 1.88. The predicted octanol–water partition coefficient (Wildman–Crippen LogP) is 1.30. The van der Waals surface area contributed by atoms with Crippen LogP contribution in [0.4, 0.5) is 0 Å². The number of esters is 1. The van der Waals surface area contributed by atoms with Crippen LogP contribution in [0.25, 0.3) is 0 Å². The number of hydrogen-bond donors (Lipinski definition) is 1. The third-order valence-electron chi connectivity index (χ3n) is 3.01. The second-order valence-electron chi connectivity index (χ2n) is 3.90. The number of carbonyl (C=O) groups is 2. The highest BCUT2D eigenvalue weighted by Gasteiger charge is 2.40. The maximum absolute atomic E-state index is 11.3. The molecule has 0 radical (unpaired) electrons. The lowest BCUT2D eigenvalue weighted by Gasteiger charge is -2.31. The van der Waals surface area contributed by atoms with Gasteiger partial charge in [0.1, 0.15) is 0 Å². The Morgan fingerprint density at radius 3 is 2.50 bits per heavy atom. The van der Waals surface area contributed by atoms with Crippen molar-refractivity contribution in [3.05, 3.63) is 0 Å². The topological polar surface area (TPSA) is 63.6 Å². The van der Waals surface area contributed by atoms with Crippen LogP contribution in [0.3, 0.4) is 0 Å². The van der Waals surface area contributed by atoms with Gasteiger partial charge in [-0.3, -0.25) is 9.59 Å². The molecule has 4 heteroatoms. The van der Waals surface area contributed by atoms with Crippen LogP contribution < -0.4 is 0 Å². The maximum atomic E-state index is 11.3. The highest BCUT2D eigenvalue weighted by molar-refractivity contribution is 5.81. The van der Waals surface area contributed by atoms with Gasteiger partial charge in [-0.15, -0.1) is 0 Å². The molecule has 1 saturated carbocycles. The van der Waals surface area contributed by atoms with Gasteiger partial charge in [0, 0.05) is 0 Å². The predicted molar refractivity (Wildman–Crippen MR) is 49.6 cm³/mol. The summed E-state index contributed by atoms with van der Waals surface area (Å²) in [4.78, 5) is 22.3. The Balaban J connectivity index is 2.79. The van der Waals surface area contributed by atoms with Gasteiger partial charge in [-0.1, -0.05) is 13.3 Å². The van der Waals surface area contributed by atoms with E-state index in [0.717, 1.165) is 12.8 Å². The van der Waals surface area contributed by atoms with Crippen LogP contribution in [-0.2, 0) is 14.3 Å². The molecule has 1 rings (SSSR count). The number of carbonyl (C=O) groups excluding carboxylic acids is 1. The van der Waals surface area contributed by atoms with E-state index in [1.807, 2.05) is 6.92 Å². The lowest BCUT2D eigenvalue weighted by atomic mass is 9.73. The smallest absolute Gasteiger partial charge is 0.309 e. The molecule has 0 saturated heterocycles. The molecule has 3 atom stereocenters. The molecule has 80 valence electrons. The number of aliphatic carboxylic acids is 1. The molecular weight excluding hydrogens is 184 g/mol. The van der Waals surface area contributed by atoms with Crippen molar-refractivity contribution in [1.29, 1.82) is 0 Å². The molecule has 1 N–H and O–H groups in total. The molecule has 0 aromatic rings. The molecule has 0 amide bonds. The molecule has 0 aliphatic heterocycles. The molecule has 1 aliphatic rings. The minimum absolute atomic E-state index is 0.0605. The highest BCUT2D eigenvalue weighted by Crippen LogP contribution is 2.35. The van der Waals surface area contributed by atoms with Crippen LogP contribution in [0.2, 0.25) is 0 Å². The summed E-state index contributed by atoms with van der Waals surface area (Å²) < 4.78 is 4.62. The van der Waals surface area contributed by atoms with Gasteiger partial charge in [0.05, 0.1) is 18.9 Å². The summed E-state index contributed by atoms with van der Waals surface area (Å²) in [5.41, 5.74) is 0. The summed E-state index contributed by atoms with van der Waals surface area (Å²) in [6, 6.07) is 0. The molecule has 0 unspecified atom stereocenters. The average molecular weight is 200 g/mol. The summed E-state index contributed by atoms with van der Waals surface area (Å²) in [5, 5.41) is 9.02. The molecular formula is C10H16O4. The minimum Gasteiger partial charge on any atom is -0.481 e. The molecule has 0 heterocycles. The van der Waals surface area contributed by atoms with Crippen LogP contribution in [0.15, 0.2) is 0 Å². The molecule has 4 nitrogen and oxygen atoms in total. The first-order valence-corrected chi connectivity index (χ1v) is 4.88. The van der Waals surface area contributed by atoms with Crippen molar-refractivity contribution in [3.63, 3.8) is 0 Å². The summed E-state index contributed by atoms with van der Waals surface area (Å²) >= 11 is 0. The van der Waals surface area contributed by atoms with Gasteiger partial charge in [0.15, 0.2) is 0 Å². The van der Waals surface area contributed by atoms with Gasteiger partial charge in [-0.2, -0.15) is 0 Å². The molecule has 0 bridgehead atoms. The van der Waals surface area contributed by atoms with Crippen LogP contribution in [-0.4, -0.2) is 24.2 Å². The van der Waals surface area contributed by atoms with E-state index in [0.29, 0.717) is 6.42 Å². The van der Waals surface area contributed by atoms with Crippen molar-refractivity contribution < 1.29 is 19.4 Å². The molecule has 0 spiro atoms. The molecule has 1 aliphatic carbocycles. The fourth-order valence-electron chi connectivity index (χ4n) is 2.25. The minimum atomic E-state index is -0.882. The number of rotatable bonds is 2. The van der Waals surface area contributed by atoms with Crippen molar-refractivity contribution in [1.82, 2.24) is 0 Å². The summed E-state index contributed by atoms with van der Waals surface area (Å²) in [6.07, 6.45) is 2.42. The highest BCUT2D eigenvalue weighted by atomic mass is 16.5. The van der Waals surface area contributed by atoms with Crippen LogP contribution in [0.5, 0.6) is 0 Å². The van der Waals surface area contributed by atoms with Crippen molar-refractivity contribution in [2.45, 2.75) is 26.2 Å². The molecule has 14 heavy (non-hydrogen) atoms. The van der Waals surface area contributed by atoms with Gasteiger partial charge >= 0.3 is 11.9 Å². The first-order valence-electron chi connectivity index (χ1n) is 4.88. The number of hydrogen-bond acceptors (Lipinski definition) is 3. The molecule has 0 aromatic heterocycles. The van der Waals surface area contributed by atoms with Crippen molar-refractivity contribution in [2.24, 2.45) is 17.8 Å². The van der Waals surface area contributed by atoms with E-state index < -0.39 is 17.8 Å². The number of methoxy groups -OCH3 is 1. The first kappa shape index (κ1) is 11.0. The molecule has 0 aromatic carbocycles. The van der Waals surface area contributed by atoms with E-state index in [4.69, 9.17) is 5.11 Å². The fourth-order valence-corrected chi connectivity index (χ4v) is 2.25. The number of ether oxygens (including phenoxy) is 1. The number of carboxylic acids is 1. The van der Waals surface area contributed by atoms with Gasteiger partial charge in [0.2, 0.25) is 0 Å². The average Bonchev–Trinajstić information content (AvgIpc) is 2.15. The van der Waals surface area contributed by atoms with E-state index in [-0.39, 0.29) is 11.9 Å². The normalized spacial score (nSPS) is 32.3. The SMILES string of the molecule is COC(=O)[C@@H]1CCC[C@@H](C)[C@@H]1C(=O)O. The van der Waals surface area contributed by atoms with E-state index in [9.17, 15) is 9.59 Å². The lowest BCUT2D eigenvalue weighted by molar-refractivity contribution is -0.160. The maximum Gasteiger partial charge on any atom is 0.309 e. The van der Waals surface area contributed by atoms with E-state index in [2.05, 4.69) is 4.74 Å². The fraction of sp³-hybridized carbons (Fsp3) is 0.800. The third kappa shape index (κ3) is 2.05. The Morgan fingerprint density at radius 1 is 1.36 bits per heavy atom. The zero-order valence-electron chi connectivity index (χ0n) is 8.53. The Labute approximate surface area is 83.2 Å². The third-order valence-corrected chi connectivity index (χ3v) is 3.01. The largest absolute Gasteiger partial charge is 0.481 e. The van der Waals surface area contributed by atoms with Gasteiger partial charge in [-0.05, 0) is 18.8 Å². The lowest BCUT2D eigenvalue weighted by Crippen LogP contribution is -2.38. The molecule has 1 fully saturated rings. The van der Waals surface area contributed by atoms with E-state index >= 15 is 0 Å². The monoisotopic (exact) mass is 200 g/mol. The van der Waals surface area contributed by atoms with Crippen LogP contribution >= 0.6 is 0 Å². The Morgan fingerprint density at radius 2 is 2.00 bits per heavy atom. The summed E-state index contributed by atoms with van der Waals surface area (Å²) in [7, 11) is 1.31. The Bertz CT molecular complexity index is 236. The van der Waals surface area contributed by atoms with Gasteiger partial charge in [0.25, 0.3) is 0 Å². The zero-order valence-corrected chi connectivity index (χ0v) is 8.53. The van der Waals surface area contributed by atoms with Gasteiger partial charge in [-0.25, -0.2) is 0 Å². The Kier molecular flexibility index (Phi) is 3.49. The quantitative estimate of drug-likeness (QED) is 0.682. The number of carboxylic acid groups (broad SMARTS) is 1. The standard InChI is InChI=1S/C10H16O4/c1-6-4-3-5-7(10(13)14-2)8(6)9(11)12/h6-8H,3-5H2,1-2H3,(H,11,12)/t6-,7-,8+/m1/s1. The van der Waals surface area contributed by atoms with Crippen molar-refractivity contribution in [3.8, 4) is 0 Å². The Hall–Kier alpha value is -1.06. The van der Waals surface area contributed by atoms with E-state index in [1.165, 1.54) is 7.11 Å². The zero-order chi connectivity index (χ0) is 10.7. The van der Waals surface area contributed by atoms with Crippen molar-refractivity contribution >= 4 is 11.9 Å². The van der Waals surface area contributed by atoms with Crippen molar-refractivity contribution in [2.75, 3.05) is 7.11 Å².